The van der Waals surface area contributed by atoms with Gasteiger partial charge in [-0.25, -0.2) is 4.79 Å². The zero-order chi connectivity index (χ0) is 15.0. The van der Waals surface area contributed by atoms with E-state index in [1.807, 2.05) is 12.1 Å². The summed E-state index contributed by atoms with van der Waals surface area (Å²) in [5, 5.41) is 2.87. The van der Waals surface area contributed by atoms with Crippen LogP contribution < -0.4 is 11.1 Å². The number of urea groups is 1. The first-order valence-corrected chi connectivity index (χ1v) is 7.01. The van der Waals surface area contributed by atoms with Crippen LogP contribution >= 0.6 is 0 Å². The quantitative estimate of drug-likeness (QED) is 0.889. The van der Waals surface area contributed by atoms with Crippen molar-refractivity contribution in [3.8, 4) is 0 Å². The average molecular weight is 281 g/mol. The number of hydrogen-bond acceptors (Lipinski definition) is 2. The van der Waals surface area contributed by atoms with Crippen LogP contribution in [0.25, 0.3) is 0 Å². The second kappa shape index (κ2) is 5.22. The van der Waals surface area contributed by atoms with Crippen LogP contribution in [0.1, 0.15) is 28.3 Å². The van der Waals surface area contributed by atoms with Crippen molar-refractivity contribution in [3.05, 3.63) is 64.7 Å². The first-order valence-electron chi connectivity index (χ1n) is 7.01. The third-order valence-electron chi connectivity index (χ3n) is 3.92. The summed E-state index contributed by atoms with van der Waals surface area (Å²) in [6, 6.07) is 14.0. The van der Waals surface area contributed by atoms with Gasteiger partial charge >= 0.3 is 6.03 Å². The molecule has 0 aromatic heterocycles. The lowest BCUT2D eigenvalue weighted by molar-refractivity contribution is 0.218. The van der Waals surface area contributed by atoms with Crippen molar-refractivity contribution < 1.29 is 4.79 Å². The van der Waals surface area contributed by atoms with Gasteiger partial charge in [0.1, 0.15) is 0 Å². The van der Waals surface area contributed by atoms with Crippen molar-refractivity contribution in [2.24, 2.45) is 5.73 Å². The number of rotatable bonds is 2. The maximum absolute atomic E-state index is 11.6. The van der Waals surface area contributed by atoms with Crippen LogP contribution in [0.5, 0.6) is 0 Å². The predicted molar refractivity (Wildman–Crippen MR) is 84.1 cm³/mol. The SMILES string of the molecule is Cc1ccc(C(N)c2ccc3c(c2)CN(C)C(=O)N3)cc1. The molecule has 0 spiro atoms. The Kier molecular flexibility index (Phi) is 3.39. The molecule has 0 radical (unpaired) electrons. The normalized spacial score (nSPS) is 15.4. The van der Waals surface area contributed by atoms with E-state index in [1.165, 1.54) is 5.56 Å². The van der Waals surface area contributed by atoms with Gasteiger partial charge in [0.25, 0.3) is 0 Å². The second-order valence-electron chi connectivity index (χ2n) is 5.59. The maximum atomic E-state index is 11.6. The highest BCUT2D eigenvalue weighted by Crippen LogP contribution is 2.28. The molecule has 1 heterocycles. The number of fused-ring (bicyclic) bond motifs is 1. The molecule has 0 aliphatic carbocycles. The van der Waals surface area contributed by atoms with Crippen molar-refractivity contribution in [1.82, 2.24) is 4.90 Å². The van der Waals surface area contributed by atoms with Crippen LogP contribution in [0, 0.1) is 6.92 Å². The zero-order valence-electron chi connectivity index (χ0n) is 12.3. The van der Waals surface area contributed by atoms with E-state index < -0.39 is 0 Å². The topological polar surface area (TPSA) is 58.4 Å². The highest BCUT2D eigenvalue weighted by Gasteiger charge is 2.20. The Morgan fingerprint density at radius 1 is 1.14 bits per heavy atom. The minimum atomic E-state index is -0.154. The highest BCUT2D eigenvalue weighted by atomic mass is 16.2. The zero-order valence-corrected chi connectivity index (χ0v) is 12.3. The lowest BCUT2D eigenvalue weighted by Gasteiger charge is -2.27. The number of nitrogens with zero attached hydrogens (tertiary/aromatic N) is 1. The van der Waals surface area contributed by atoms with E-state index in [4.69, 9.17) is 5.73 Å². The Bertz CT molecular complexity index is 679. The molecular weight excluding hydrogens is 262 g/mol. The fraction of sp³-hybridized carbons (Fsp3) is 0.235. The fourth-order valence-corrected chi connectivity index (χ4v) is 2.56. The maximum Gasteiger partial charge on any atom is 0.321 e. The number of nitrogens with two attached hydrogens (primary N) is 1. The molecule has 1 aliphatic heterocycles. The predicted octanol–water partition coefficient (Wildman–Crippen LogP) is 3.02. The summed E-state index contributed by atoms with van der Waals surface area (Å²) in [7, 11) is 1.78. The van der Waals surface area contributed by atoms with E-state index >= 15 is 0 Å². The van der Waals surface area contributed by atoms with Crippen LogP contribution in [0.4, 0.5) is 10.5 Å². The van der Waals surface area contributed by atoms with E-state index in [1.54, 1.807) is 11.9 Å². The molecule has 21 heavy (non-hydrogen) atoms. The van der Waals surface area contributed by atoms with E-state index in [-0.39, 0.29) is 12.1 Å². The third kappa shape index (κ3) is 2.62. The van der Waals surface area contributed by atoms with Crippen molar-refractivity contribution in [1.29, 1.82) is 0 Å². The molecule has 2 aromatic rings. The molecule has 0 saturated heterocycles. The number of benzene rings is 2. The fourth-order valence-electron chi connectivity index (χ4n) is 2.56. The standard InChI is InChI=1S/C17H19N3O/c1-11-3-5-12(6-4-11)16(18)13-7-8-15-14(9-13)10-20(2)17(21)19-15/h3-9,16H,10,18H2,1-2H3,(H,19,21). The van der Waals surface area contributed by atoms with Crippen LogP contribution in [0.2, 0.25) is 0 Å². The van der Waals surface area contributed by atoms with Crippen LogP contribution in [-0.4, -0.2) is 18.0 Å². The molecule has 2 aromatic carbocycles. The summed E-state index contributed by atoms with van der Waals surface area (Å²) in [6.07, 6.45) is 0. The summed E-state index contributed by atoms with van der Waals surface area (Å²) in [5.74, 6) is 0. The van der Waals surface area contributed by atoms with Crippen molar-refractivity contribution in [2.75, 3.05) is 12.4 Å². The van der Waals surface area contributed by atoms with Crippen molar-refractivity contribution in [3.63, 3.8) is 0 Å². The first kappa shape index (κ1) is 13.6. The molecule has 4 heteroatoms. The van der Waals surface area contributed by atoms with Gasteiger partial charge in [-0.3, -0.25) is 0 Å². The molecule has 0 fully saturated rings. The van der Waals surface area contributed by atoms with E-state index in [0.29, 0.717) is 6.54 Å². The first-order chi connectivity index (χ1) is 10.0. The second-order valence-corrected chi connectivity index (χ2v) is 5.59. The number of aryl methyl sites for hydroxylation is 1. The van der Waals surface area contributed by atoms with Crippen LogP contribution in [0.15, 0.2) is 42.5 Å². The molecule has 3 rings (SSSR count). The van der Waals surface area contributed by atoms with Crippen LogP contribution in [0.3, 0.4) is 0 Å². The van der Waals surface area contributed by atoms with Gasteiger partial charge in [-0.05, 0) is 29.7 Å². The third-order valence-corrected chi connectivity index (χ3v) is 3.92. The number of hydrogen-bond donors (Lipinski definition) is 2. The molecule has 3 N–H and O–H groups in total. The molecule has 1 unspecified atom stereocenters. The Balaban J connectivity index is 1.91. The van der Waals surface area contributed by atoms with Gasteiger partial charge in [-0.15, -0.1) is 0 Å². The Labute approximate surface area is 124 Å². The summed E-state index contributed by atoms with van der Waals surface area (Å²) in [6.45, 7) is 2.67. The molecule has 1 aliphatic rings. The summed E-state index contributed by atoms with van der Waals surface area (Å²) in [5.41, 5.74) is 11.7. The summed E-state index contributed by atoms with van der Waals surface area (Å²) in [4.78, 5) is 13.3. The molecular formula is C17H19N3O. The minimum absolute atomic E-state index is 0.0712. The van der Waals surface area contributed by atoms with Gasteiger partial charge < -0.3 is 16.0 Å². The number of amides is 2. The molecule has 0 bridgehead atoms. The Hall–Kier alpha value is -2.33. The van der Waals surface area contributed by atoms with Gasteiger partial charge in [0.15, 0.2) is 0 Å². The monoisotopic (exact) mass is 281 g/mol. The van der Waals surface area contributed by atoms with Gasteiger partial charge in [-0.1, -0.05) is 42.0 Å². The lowest BCUT2D eigenvalue weighted by Crippen LogP contribution is -2.35. The van der Waals surface area contributed by atoms with Gasteiger partial charge in [0, 0.05) is 19.3 Å². The molecule has 1 atom stereocenters. The number of carbonyl (C=O) groups excluding carboxylic acids is 1. The van der Waals surface area contributed by atoms with Crippen molar-refractivity contribution >= 4 is 11.7 Å². The number of anilines is 1. The number of carbonyl (C=O) groups is 1. The molecule has 4 nitrogen and oxygen atoms in total. The van der Waals surface area contributed by atoms with E-state index in [9.17, 15) is 4.79 Å². The Morgan fingerprint density at radius 2 is 1.81 bits per heavy atom. The minimum Gasteiger partial charge on any atom is -0.323 e. The van der Waals surface area contributed by atoms with Crippen LogP contribution in [-0.2, 0) is 6.54 Å². The average Bonchev–Trinajstić information content (AvgIpc) is 2.48. The number of nitrogens with one attached hydrogen (secondary N) is 1. The summed E-state index contributed by atoms with van der Waals surface area (Å²) < 4.78 is 0. The molecule has 0 saturated carbocycles. The highest BCUT2D eigenvalue weighted by molar-refractivity contribution is 5.92. The largest absolute Gasteiger partial charge is 0.323 e. The van der Waals surface area contributed by atoms with E-state index in [2.05, 4.69) is 42.6 Å². The lowest BCUT2D eigenvalue weighted by atomic mass is 9.96. The smallest absolute Gasteiger partial charge is 0.321 e. The molecule has 108 valence electrons. The molecule has 2 amide bonds. The van der Waals surface area contributed by atoms with Gasteiger partial charge in [0.2, 0.25) is 0 Å². The van der Waals surface area contributed by atoms with E-state index in [0.717, 1.165) is 22.4 Å². The van der Waals surface area contributed by atoms with Crippen molar-refractivity contribution in [2.45, 2.75) is 19.5 Å². The van der Waals surface area contributed by atoms with Gasteiger partial charge in [0.05, 0.1) is 6.04 Å². The van der Waals surface area contributed by atoms with Gasteiger partial charge in [-0.2, -0.15) is 0 Å². The Morgan fingerprint density at radius 3 is 2.52 bits per heavy atom. The summed E-state index contributed by atoms with van der Waals surface area (Å²) >= 11 is 0.